The van der Waals surface area contributed by atoms with Gasteiger partial charge in [-0.3, -0.25) is 4.79 Å². The summed E-state index contributed by atoms with van der Waals surface area (Å²) < 4.78 is 0. The highest BCUT2D eigenvalue weighted by Crippen LogP contribution is 1.90. The lowest BCUT2D eigenvalue weighted by molar-refractivity contribution is -0.119. The first kappa shape index (κ1) is 9.46. The molecule has 0 saturated heterocycles. The zero-order valence-electron chi connectivity index (χ0n) is 5.91. The zero-order valence-corrected chi connectivity index (χ0v) is 6.66. The second kappa shape index (κ2) is 5.26. The van der Waals surface area contributed by atoms with Gasteiger partial charge in [0.1, 0.15) is 0 Å². The summed E-state index contributed by atoms with van der Waals surface area (Å²) in [7, 11) is 1.58. The second-order valence-electron chi connectivity index (χ2n) is 1.79. The Morgan fingerprint density at radius 2 is 2.20 bits per heavy atom. The largest absolute Gasteiger partial charge is 0.358 e. The Morgan fingerprint density at radius 1 is 1.60 bits per heavy atom. The molecule has 4 heteroatoms. The van der Waals surface area contributed by atoms with Crippen molar-refractivity contribution in [1.29, 1.82) is 0 Å². The van der Waals surface area contributed by atoms with Crippen LogP contribution < -0.4 is 10.6 Å². The Kier molecular flexibility index (Phi) is 4.98. The van der Waals surface area contributed by atoms with Crippen LogP contribution in [0.15, 0.2) is 11.6 Å². The molecular weight excluding hydrogens is 152 g/mol. The van der Waals surface area contributed by atoms with Crippen LogP contribution in [0.5, 0.6) is 0 Å². The first-order valence-electron chi connectivity index (χ1n) is 2.91. The molecule has 0 atom stereocenters. The smallest absolute Gasteiger partial charge is 0.233 e. The fourth-order valence-corrected chi connectivity index (χ4v) is 0.495. The highest BCUT2D eigenvalue weighted by molar-refractivity contribution is 6.29. The Balaban J connectivity index is 3.20. The van der Waals surface area contributed by atoms with Gasteiger partial charge in [0, 0.05) is 18.6 Å². The van der Waals surface area contributed by atoms with Crippen molar-refractivity contribution in [3.63, 3.8) is 0 Å². The van der Waals surface area contributed by atoms with E-state index in [1.165, 1.54) is 0 Å². The third-order valence-electron chi connectivity index (χ3n) is 0.881. The lowest BCUT2D eigenvalue weighted by Crippen LogP contribution is -2.31. The van der Waals surface area contributed by atoms with E-state index in [0.717, 1.165) is 0 Å². The maximum Gasteiger partial charge on any atom is 0.233 e. The first-order chi connectivity index (χ1) is 4.66. The number of hydrogen-bond acceptors (Lipinski definition) is 2. The molecule has 0 spiro atoms. The highest BCUT2D eigenvalue weighted by Gasteiger charge is 1.94. The van der Waals surface area contributed by atoms with Gasteiger partial charge in [-0.05, 0) is 0 Å². The fourth-order valence-electron chi connectivity index (χ4n) is 0.400. The molecule has 0 bridgehead atoms. The summed E-state index contributed by atoms with van der Waals surface area (Å²) in [6, 6.07) is 0. The van der Waals surface area contributed by atoms with Crippen molar-refractivity contribution in [2.45, 2.75) is 0 Å². The van der Waals surface area contributed by atoms with E-state index in [1.807, 2.05) is 0 Å². The Morgan fingerprint density at radius 3 is 2.60 bits per heavy atom. The van der Waals surface area contributed by atoms with Crippen molar-refractivity contribution >= 4 is 17.5 Å². The molecule has 0 aliphatic carbocycles. The summed E-state index contributed by atoms with van der Waals surface area (Å²) in [5.41, 5.74) is 0. The van der Waals surface area contributed by atoms with E-state index >= 15 is 0 Å². The minimum atomic E-state index is -0.0575. The van der Waals surface area contributed by atoms with E-state index in [0.29, 0.717) is 11.6 Å². The lowest BCUT2D eigenvalue weighted by Gasteiger charge is -2.00. The Hall–Kier alpha value is -0.540. The molecule has 2 N–H and O–H groups in total. The standard InChI is InChI=1S/C6H11ClN2O/c1-5(7)3-9-4-6(10)8-2/h9H,1,3-4H2,2H3,(H,8,10). The molecule has 3 nitrogen and oxygen atoms in total. The predicted octanol–water partition coefficient (Wildman–Crippen LogP) is 0.0745. The molecule has 0 fully saturated rings. The summed E-state index contributed by atoms with van der Waals surface area (Å²) in [6.45, 7) is 4.20. The molecule has 10 heavy (non-hydrogen) atoms. The van der Waals surface area contributed by atoms with Gasteiger partial charge >= 0.3 is 0 Å². The molecule has 1 amide bonds. The van der Waals surface area contributed by atoms with Crippen LogP contribution in [0.3, 0.4) is 0 Å². The number of carbonyl (C=O) groups excluding carboxylic acids is 1. The molecule has 0 rings (SSSR count). The summed E-state index contributed by atoms with van der Waals surface area (Å²) in [5.74, 6) is -0.0575. The number of nitrogens with one attached hydrogen (secondary N) is 2. The van der Waals surface area contributed by atoms with Crippen LogP contribution in [-0.4, -0.2) is 26.0 Å². The third kappa shape index (κ3) is 5.59. The maximum atomic E-state index is 10.5. The van der Waals surface area contributed by atoms with E-state index < -0.39 is 0 Å². The number of carbonyl (C=O) groups is 1. The van der Waals surface area contributed by atoms with Crippen LogP contribution in [0.25, 0.3) is 0 Å². The molecule has 0 radical (unpaired) electrons. The summed E-state index contributed by atoms with van der Waals surface area (Å²) in [5, 5.41) is 5.76. The minimum absolute atomic E-state index is 0.0575. The van der Waals surface area contributed by atoms with Gasteiger partial charge in [-0.15, -0.1) is 0 Å². The van der Waals surface area contributed by atoms with E-state index in [-0.39, 0.29) is 12.5 Å². The molecule has 0 aromatic carbocycles. The molecule has 0 saturated carbocycles. The molecule has 0 aromatic rings. The Bertz CT molecular complexity index is 136. The molecule has 0 aliphatic rings. The van der Waals surface area contributed by atoms with Gasteiger partial charge in [-0.1, -0.05) is 18.2 Å². The van der Waals surface area contributed by atoms with Crippen LogP contribution in [0.2, 0.25) is 0 Å². The Labute approximate surface area is 65.4 Å². The fraction of sp³-hybridized carbons (Fsp3) is 0.500. The van der Waals surface area contributed by atoms with Gasteiger partial charge in [0.2, 0.25) is 5.91 Å². The third-order valence-corrected chi connectivity index (χ3v) is 1.01. The maximum absolute atomic E-state index is 10.5. The molecular formula is C6H11ClN2O. The number of likely N-dealkylation sites (N-methyl/N-ethyl adjacent to an activating group) is 1. The van der Waals surface area contributed by atoms with E-state index in [4.69, 9.17) is 11.6 Å². The van der Waals surface area contributed by atoms with Crippen LogP contribution in [-0.2, 0) is 4.79 Å². The number of halogens is 1. The zero-order chi connectivity index (χ0) is 7.98. The van der Waals surface area contributed by atoms with E-state index in [1.54, 1.807) is 7.05 Å². The van der Waals surface area contributed by atoms with Crippen molar-refractivity contribution in [2.24, 2.45) is 0 Å². The minimum Gasteiger partial charge on any atom is -0.358 e. The van der Waals surface area contributed by atoms with Crippen LogP contribution in [0.1, 0.15) is 0 Å². The van der Waals surface area contributed by atoms with Crippen molar-refractivity contribution in [2.75, 3.05) is 20.1 Å². The number of rotatable bonds is 4. The van der Waals surface area contributed by atoms with Gasteiger partial charge in [-0.25, -0.2) is 0 Å². The van der Waals surface area contributed by atoms with Gasteiger partial charge in [-0.2, -0.15) is 0 Å². The molecule has 0 unspecified atom stereocenters. The SMILES string of the molecule is C=C(Cl)CNCC(=O)NC. The van der Waals surface area contributed by atoms with E-state index in [2.05, 4.69) is 17.2 Å². The number of amides is 1. The summed E-state index contributed by atoms with van der Waals surface area (Å²) >= 11 is 5.42. The molecule has 0 heterocycles. The monoisotopic (exact) mass is 162 g/mol. The molecule has 58 valence electrons. The van der Waals surface area contributed by atoms with E-state index in [9.17, 15) is 4.79 Å². The first-order valence-corrected chi connectivity index (χ1v) is 3.29. The quantitative estimate of drug-likeness (QED) is 0.615. The van der Waals surface area contributed by atoms with Crippen molar-refractivity contribution in [1.82, 2.24) is 10.6 Å². The van der Waals surface area contributed by atoms with Gasteiger partial charge in [0.25, 0.3) is 0 Å². The predicted molar refractivity (Wildman–Crippen MR) is 41.9 cm³/mol. The summed E-state index contributed by atoms with van der Waals surface area (Å²) in [4.78, 5) is 10.5. The summed E-state index contributed by atoms with van der Waals surface area (Å²) in [6.07, 6.45) is 0. The number of hydrogen-bond donors (Lipinski definition) is 2. The second-order valence-corrected chi connectivity index (χ2v) is 2.33. The van der Waals surface area contributed by atoms with Crippen molar-refractivity contribution in [3.05, 3.63) is 11.6 Å². The lowest BCUT2D eigenvalue weighted by atomic mass is 10.5. The molecule has 0 aromatic heterocycles. The molecule has 0 aliphatic heterocycles. The average Bonchev–Trinajstić information content (AvgIpc) is 1.87. The highest BCUT2D eigenvalue weighted by atomic mass is 35.5. The average molecular weight is 163 g/mol. The van der Waals surface area contributed by atoms with Gasteiger partial charge < -0.3 is 10.6 Å². The van der Waals surface area contributed by atoms with Crippen LogP contribution >= 0.6 is 11.6 Å². The van der Waals surface area contributed by atoms with Crippen molar-refractivity contribution in [3.8, 4) is 0 Å². The topological polar surface area (TPSA) is 41.1 Å². The van der Waals surface area contributed by atoms with Crippen LogP contribution in [0.4, 0.5) is 0 Å². The van der Waals surface area contributed by atoms with Gasteiger partial charge in [0.15, 0.2) is 0 Å². The van der Waals surface area contributed by atoms with Gasteiger partial charge in [0.05, 0.1) is 6.54 Å². The normalized spacial score (nSPS) is 9.00. The van der Waals surface area contributed by atoms with Crippen molar-refractivity contribution < 1.29 is 4.79 Å². The van der Waals surface area contributed by atoms with Crippen LogP contribution in [0, 0.1) is 0 Å².